The summed E-state index contributed by atoms with van der Waals surface area (Å²) < 4.78 is 10.8. The van der Waals surface area contributed by atoms with Crippen molar-refractivity contribution in [2.24, 2.45) is 0 Å². The number of nitrogens with one attached hydrogen (secondary N) is 1. The van der Waals surface area contributed by atoms with E-state index in [4.69, 9.17) is 9.47 Å². The standard InChI is InChI=1S/C20H30N2O3/c1-20-10-11-22(18(20)8-3-4-9-19(23)21-20)15-16-6-5-7-17(14-16)25-13-12-24-2/h5-7,14,18H,3-4,8-13,15H2,1-2H3,(H,21,23)/t18-,20-/m1/s1. The molecule has 2 saturated heterocycles. The van der Waals surface area contributed by atoms with Crippen LogP contribution in [0, 0.1) is 0 Å². The molecule has 2 aliphatic rings. The van der Waals surface area contributed by atoms with Crippen LogP contribution in [0.4, 0.5) is 0 Å². The molecule has 2 heterocycles. The summed E-state index contributed by atoms with van der Waals surface area (Å²) in [4.78, 5) is 14.6. The third kappa shape index (κ3) is 4.53. The maximum absolute atomic E-state index is 12.1. The van der Waals surface area contributed by atoms with E-state index in [0.29, 0.717) is 25.7 Å². The number of methoxy groups -OCH3 is 1. The summed E-state index contributed by atoms with van der Waals surface area (Å²) in [6, 6.07) is 8.72. The van der Waals surface area contributed by atoms with E-state index < -0.39 is 0 Å². The number of amides is 1. The van der Waals surface area contributed by atoms with Crippen LogP contribution in [0.5, 0.6) is 5.75 Å². The third-order valence-corrected chi connectivity index (χ3v) is 5.49. The van der Waals surface area contributed by atoms with Crippen molar-refractivity contribution in [1.82, 2.24) is 10.2 Å². The van der Waals surface area contributed by atoms with Gasteiger partial charge in [-0.3, -0.25) is 9.69 Å². The number of hydrogen-bond acceptors (Lipinski definition) is 4. The van der Waals surface area contributed by atoms with E-state index in [1.54, 1.807) is 7.11 Å². The quantitative estimate of drug-likeness (QED) is 0.805. The lowest BCUT2D eigenvalue weighted by molar-refractivity contribution is -0.123. The first-order chi connectivity index (χ1) is 12.1. The van der Waals surface area contributed by atoms with E-state index in [9.17, 15) is 4.79 Å². The molecular formula is C20H30N2O3. The Kier molecular flexibility index (Phi) is 5.97. The molecule has 0 unspecified atom stereocenters. The first-order valence-corrected chi connectivity index (χ1v) is 9.36. The van der Waals surface area contributed by atoms with Crippen LogP contribution in [0.25, 0.3) is 0 Å². The summed E-state index contributed by atoms with van der Waals surface area (Å²) in [6.07, 6.45) is 4.97. The van der Waals surface area contributed by atoms with Gasteiger partial charge < -0.3 is 14.8 Å². The Labute approximate surface area is 150 Å². The molecule has 1 N–H and O–H groups in total. The van der Waals surface area contributed by atoms with Crippen LogP contribution in [0.3, 0.4) is 0 Å². The molecule has 0 bridgehead atoms. The molecule has 1 amide bonds. The number of carbonyl (C=O) groups is 1. The second-order valence-electron chi connectivity index (χ2n) is 7.44. The van der Waals surface area contributed by atoms with Crippen LogP contribution in [-0.2, 0) is 16.1 Å². The molecule has 3 rings (SSSR count). The summed E-state index contributed by atoms with van der Waals surface area (Å²) >= 11 is 0. The molecule has 0 saturated carbocycles. The maximum Gasteiger partial charge on any atom is 0.220 e. The van der Waals surface area contributed by atoms with Crippen LogP contribution < -0.4 is 10.1 Å². The number of rotatable bonds is 6. The molecular weight excluding hydrogens is 316 g/mol. The van der Waals surface area contributed by atoms with Crippen LogP contribution >= 0.6 is 0 Å². The van der Waals surface area contributed by atoms with Crippen molar-refractivity contribution in [2.75, 3.05) is 26.9 Å². The fourth-order valence-electron chi connectivity index (χ4n) is 4.15. The molecule has 5 nitrogen and oxygen atoms in total. The number of nitrogens with zero attached hydrogens (tertiary/aromatic N) is 1. The molecule has 1 aromatic rings. The minimum atomic E-state index is -0.0932. The van der Waals surface area contributed by atoms with Crippen molar-refractivity contribution < 1.29 is 14.3 Å². The number of likely N-dealkylation sites (tertiary alicyclic amines) is 1. The van der Waals surface area contributed by atoms with E-state index in [1.807, 2.05) is 12.1 Å². The minimum absolute atomic E-state index is 0.0932. The monoisotopic (exact) mass is 346 g/mol. The van der Waals surface area contributed by atoms with Gasteiger partial charge in [-0.25, -0.2) is 0 Å². The van der Waals surface area contributed by atoms with Gasteiger partial charge in [0, 0.05) is 32.7 Å². The van der Waals surface area contributed by atoms with Crippen molar-refractivity contribution in [3.8, 4) is 5.75 Å². The molecule has 0 aliphatic carbocycles. The summed E-state index contributed by atoms with van der Waals surface area (Å²) in [5.74, 6) is 1.10. The smallest absolute Gasteiger partial charge is 0.220 e. The van der Waals surface area contributed by atoms with Crippen LogP contribution in [0.2, 0.25) is 0 Å². The predicted octanol–water partition coefficient (Wildman–Crippen LogP) is 2.74. The van der Waals surface area contributed by atoms with Crippen molar-refractivity contribution in [2.45, 2.75) is 57.2 Å². The molecule has 2 fully saturated rings. The second kappa shape index (κ2) is 8.19. The Morgan fingerprint density at radius 2 is 2.20 bits per heavy atom. The van der Waals surface area contributed by atoms with E-state index in [1.165, 1.54) is 5.56 Å². The summed E-state index contributed by atoms with van der Waals surface area (Å²) in [6.45, 7) is 5.30. The maximum atomic E-state index is 12.1. The van der Waals surface area contributed by atoms with Gasteiger partial charge in [-0.2, -0.15) is 0 Å². The van der Waals surface area contributed by atoms with Crippen LogP contribution in [0.1, 0.15) is 44.6 Å². The Hall–Kier alpha value is -1.59. The fourth-order valence-corrected chi connectivity index (χ4v) is 4.15. The van der Waals surface area contributed by atoms with Gasteiger partial charge in [0.2, 0.25) is 5.91 Å². The minimum Gasteiger partial charge on any atom is -0.491 e. The lowest BCUT2D eigenvalue weighted by atomic mass is 9.86. The second-order valence-corrected chi connectivity index (χ2v) is 7.44. The van der Waals surface area contributed by atoms with E-state index in [-0.39, 0.29) is 11.4 Å². The molecule has 0 aromatic heterocycles. The normalized spacial score (nSPS) is 27.3. The molecule has 138 valence electrons. The molecule has 2 atom stereocenters. The van der Waals surface area contributed by atoms with Crippen molar-refractivity contribution in [3.05, 3.63) is 29.8 Å². The van der Waals surface area contributed by atoms with Crippen molar-refractivity contribution in [3.63, 3.8) is 0 Å². The number of carbonyl (C=O) groups excluding carboxylic acids is 1. The number of hydrogen-bond donors (Lipinski definition) is 1. The van der Waals surface area contributed by atoms with E-state index in [2.05, 4.69) is 29.3 Å². The molecule has 25 heavy (non-hydrogen) atoms. The van der Waals surface area contributed by atoms with Gasteiger partial charge in [0.25, 0.3) is 0 Å². The van der Waals surface area contributed by atoms with Gasteiger partial charge in [-0.1, -0.05) is 18.6 Å². The zero-order valence-electron chi connectivity index (χ0n) is 15.4. The van der Waals surface area contributed by atoms with Crippen molar-refractivity contribution >= 4 is 5.91 Å². The Morgan fingerprint density at radius 3 is 3.04 bits per heavy atom. The molecule has 1 aromatic carbocycles. The lowest BCUT2D eigenvalue weighted by Gasteiger charge is -2.38. The highest BCUT2D eigenvalue weighted by Gasteiger charge is 2.44. The van der Waals surface area contributed by atoms with Gasteiger partial charge in [0.1, 0.15) is 12.4 Å². The number of ether oxygens (including phenoxy) is 2. The number of fused-ring (bicyclic) bond motifs is 1. The molecule has 2 aliphatic heterocycles. The molecule has 0 spiro atoms. The topological polar surface area (TPSA) is 50.8 Å². The molecule has 0 radical (unpaired) electrons. The summed E-state index contributed by atoms with van der Waals surface area (Å²) in [7, 11) is 1.68. The van der Waals surface area contributed by atoms with E-state index >= 15 is 0 Å². The van der Waals surface area contributed by atoms with Gasteiger partial charge in [0.15, 0.2) is 0 Å². The fraction of sp³-hybridized carbons (Fsp3) is 0.650. The highest BCUT2D eigenvalue weighted by Crippen LogP contribution is 2.34. The lowest BCUT2D eigenvalue weighted by Crippen LogP contribution is -2.55. The average Bonchev–Trinajstić information content (AvgIpc) is 2.86. The summed E-state index contributed by atoms with van der Waals surface area (Å²) in [5.41, 5.74) is 1.16. The average molecular weight is 346 g/mol. The van der Waals surface area contributed by atoms with E-state index in [0.717, 1.165) is 44.5 Å². The van der Waals surface area contributed by atoms with Crippen LogP contribution in [0.15, 0.2) is 24.3 Å². The Balaban J connectivity index is 1.66. The zero-order chi connectivity index (χ0) is 17.7. The molecule has 5 heteroatoms. The van der Waals surface area contributed by atoms with Gasteiger partial charge in [0.05, 0.1) is 12.1 Å². The Morgan fingerprint density at radius 1 is 1.32 bits per heavy atom. The number of benzene rings is 1. The zero-order valence-corrected chi connectivity index (χ0v) is 15.4. The highest BCUT2D eigenvalue weighted by atomic mass is 16.5. The summed E-state index contributed by atoms with van der Waals surface area (Å²) in [5, 5.41) is 3.30. The van der Waals surface area contributed by atoms with Crippen molar-refractivity contribution in [1.29, 1.82) is 0 Å². The predicted molar refractivity (Wildman–Crippen MR) is 97.6 cm³/mol. The largest absolute Gasteiger partial charge is 0.491 e. The first kappa shape index (κ1) is 18.2. The Bertz CT molecular complexity index is 592. The highest BCUT2D eigenvalue weighted by molar-refractivity contribution is 5.77. The SMILES string of the molecule is COCCOc1cccc(CN2CC[C@@]3(C)NC(=O)CCCC[C@@H]23)c1. The van der Waals surface area contributed by atoms with Gasteiger partial charge in [-0.15, -0.1) is 0 Å². The first-order valence-electron chi connectivity index (χ1n) is 9.36. The van der Waals surface area contributed by atoms with Crippen LogP contribution in [-0.4, -0.2) is 49.3 Å². The van der Waals surface area contributed by atoms with Gasteiger partial charge in [-0.05, 0) is 43.9 Å². The third-order valence-electron chi connectivity index (χ3n) is 5.49. The van der Waals surface area contributed by atoms with Gasteiger partial charge >= 0.3 is 0 Å².